The Morgan fingerprint density at radius 2 is 2.62 bits per heavy atom. The molecule has 1 heteroatoms. The summed E-state index contributed by atoms with van der Waals surface area (Å²) in [5.41, 5.74) is 0. The smallest absolute Gasteiger partial charge is 0.121 e. The van der Waals surface area contributed by atoms with Crippen LogP contribution in [-0.2, 0) is 4.74 Å². The molecule has 0 atom stereocenters. The molecule has 0 unspecified atom stereocenters. The third-order valence-electron chi connectivity index (χ3n) is 0.927. The number of hydrogen-bond donors (Lipinski definition) is 0. The molecule has 1 nitrogen and oxygen atoms in total. The van der Waals surface area contributed by atoms with E-state index in [2.05, 4.69) is 6.11 Å². The first-order chi connectivity index (χ1) is 3.93. The predicted molar refractivity (Wildman–Crippen MR) is 31.8 cm³/mol. The molecule has 8 heavy (non-hydrogen) atoms. The van der Waals surface area contributed by atoms with Gasteiger partial charge in [-0.2, -0.15) is 0 Å². The SMILES string of the molecule is C#COC1=CC=CC1. The number of ether oxygens (including phenoxy) is 1. The summed E-state index contributed by atoms with van der Waals surface area (Å²) < 4.78 is 4.73. The van der Waals surface area contributed by atoms with E-state index in [1.54, 1.807) is 0 Å². The molecule has 0 aromatic carbocycles. The van der Waals surface area contributed by atoms with Crippen LogP contribution < -0.4 is 0 Å². The molecule has 1 aliphatic carbocycles. The Kier molecular flexibility index (Phi) is 1.39. The lowest BCUT2D eigenvalue weighted by Crippen LogP contribution is -1.77. The summed E-state index contributed by atoms with van der Waals surface area (Å²) in [6, 6.07) is 0. The van der Waals surface area contributed by atoms with Crippen LogP contribution in [0.4, 0.5) is 0 Å². The second-order valence-electron chi connectivity index (χ2n) is 1.49. The first kappa shape index (κ1) is 4.99. The van der Waals surface area contributed by atoms with E-state index < -0.39 is 0 Å². The van der Waals surface area contributed by atoms with Crippen LogP contribution in [0.15, 0.2) is 24.0 Å². The van der Waals surface area contributed by atoms with E-state index in [-0.39, 0.29) is 0 Å². The molecule has 0 N–H and O–H groups in total. The van der Waals surface area contributed by atoms with Crippen LogP contribution in [-0.4, -0.2) is 0 Å². The summed E-state index contributed by atoms with van der Waals surface area (Å²) in [5.74, 6) is 0.854. The maximum Gasteiger partial charge on any atom is 0.121 e. The van der Waals surface area contributed by atoms with Crippen LogP contribution in [0.3, 0.4) is 0 Å². The van der Waals surface area contributed by atoms with Crippen molar-refractivity contribution in [1.29, 1.82) is 0 Å². The lowest BCUT2D eigenvalue weighted by Gasteiger charge is -1.91. The molecule has 1 rings (SSSR count). The topological polar surface area (TPSA) is 9.23 Å². The zero-order valence-corrected chi connectivity index (χ0v) is 4.42. The highest BCUT2D eigenvalue weighted by Gasteiger charge is 1.95. The summed E-state index contributed by atoms with van der Waals surface area (Å²) in [7, 11) is 0. The molecule has 0 aliphatic heterocycles. The molecule has 0 spiro atoms. The van der Waals surface area contributed by atoms with Gasteiger partial charge in [0.15, 0.2) is 0 Å². The van der Waals surface area contributed by atoms with Crippen molar-refractivity contribution in [2.45, 2.75) is 6.42 Å². The fraction of sp³-hybridized carbons (Fsp3) is 0.143. The molecule has 0 saturated carbocycles. The molecule has 0 aromatic heterocycles. The van der Waals surface area contributed by atoms with Crippen LogP contribution in [0.25, 0.3) is 0 Å². The van der Waals surface area contributed by atoms with Gasteiger partial charge in [-0.1, -0.05) is 18.6 Å². The Morgan fingerprint density at radius 3 is 3.12 bits per heavy atom. The minimum Gasteiger partial charge on any atom is -0.412 e. The third kappa shape index (κ3) is 0.913. The van der Waals surface area contributed by atoms with Crippen molar-refractivity contribution in [3.63, 3.8) is 0 Å². The first-order valence-corrected chi connectivity index (χ1v) is 2.41. The summed E-state index contributed by atoms with van der Waals surface area (Å²) in [6.45, 7) is 0. The van der Waals surface area contributed by atoms with Gasteiger partial charge in [0, 0.05) is 6.42 Å². The van der Waals surface area contributed by atoms with E-state index in [0.717, 1.165) is 12.2 Å². The Hall–Kier alpha value is -1.16. The van der Waals surface area contributed by atoms with E-state index in [1.165, 1.54) is 0 Å². The molecular weight excluding hydrogens is 100 g/mol. The van der Waals surface area contributed by atoms with Crippen LogP contribution >= 0.6 is 0 Å². The lowest BCUT2D eigenvalue weighted by atomic mass is 10.4. The Morgan fingerprint density at radius 1 is 1.75 bits per heavy atom. The van der Waals surface area contributed by atoms with Gasteiger partial charge >= 0.3 is 0 Å². The molecule has 0 bridgehead atoms. The van der Waals surface area contributed by atoms with Crippen molar-refractivity contribution in [2.24, 2.45) is 0 Å². The van der Waals surface area contributed by atoms with Crippen molar-refractivity contribution in [3.05, 3.63) is 24.0 Å². The average molecular weight is 106 g/mol. The van der Waals surface area contributed by atoms with Gasteiger partial charge in [0.2, 0.25) is 0 Å². The van der Waals surface area contributed by atoms with E-state index in [9.17, 15) is 0 Å². The zero-order valence-electron chi connectivity index (χ0n) is 4.42. The maximum atomic E-state index is 4.87. The number of hydrogen-bond acceptors (Lipinski definition) is 1. The van der Waals surface area contributed by atoms with Gasteiger partial charge in [-0.05, 0) is 6.08 Å². The van der Waals surface area contributed by atoms with Crippen molar-refractivity contribution < 1.29 is 4.74 Å². The molecule has 40 valence electrons. The van der Waals surface area contributed by atoms with Gasteiger partial charge in [-0.3, -0.25) is 0 Å². The molecule has 1 aliphatic rings. The monoisotopic (exact) mass is 106 g/mol. The van der Waals surface area contributed by atoms with Gasteiger partial charge in [0.1, 0.15) is 11.9 Å². The summed E-state index contributed by atoms with van der Waals surface area (Å²) in [4.78, 5) is 0. The molecule has 0 fully saturated rings. The van der Waals surface area contributed by atoms with Crippen LogP contribution in [0.5, 0.6) is 0 Å². The summed E-state index contributed by atoms with van der Waals surface area (Å²) in [5, 5.41) is 0. The van der Waals surface area contributed by atoms with E-state index >= 15 is 0 Å². The first-order valence-electron chi connectivity index (χ1n) is 2.41. The molecule has 0 heterocycles. The van der Waals surface area contributed by atoms with Crippen molar-refractivity contribution in [3.8, 4) is 12.5 Å². The molecule has 0 aromatic rings. The quantitative estimate of drug-likeness (QED) is 0.459. The molecular formula is C7H6O. The molecule has 0 radical (unpaired) electrons. The maximum absolute atomic E-state index is 4.87. The van der Waals surface area contributed by atoms with Crippen LogP contribution in [0.1, 0.15) is 6.42 Å². The summed E-state index contributed by atoms with van der Waals surface area (Å²) in [6.07, 6.45) is 13.6. The van der Waals surface area contributed by atoms with Gasteiger partial charge < -0.3 is 4.74 Å². The van der Waals surface area contributed by atoms with Crippen molar-refractivity contribution in [1.82, 2.24) is 0 Å². The molecule has 0 saturated heterocycles. The van der Waals surface area contributed by atoms with Crippen molar-refractivity contribution in [2.75, 3.05) is 0 Å². The van der Waals surface area contributed by atoms with E-state index in [4.69, 9.17) is 11.2 Å². The van der Waals surface area contributed by atoms with Crippen molar-refractivity contribution >= 4 is 0 Å². The minimum atomic E-state index is 0.838. The standard InChI is InChI=1S/C7H6O/c1-2-8-7-5-3-4-6-7/h1,3-5H,6H2. The second kappa shape index (κ2) is 2.23. The van der Waals surface area contributed by atoms with Gasteiger partial charge in [-0.25, -0.2) is 0 Å². The fourth-order valence-corrected chi connectivity index (χ4v) is 0.579. The zero-order chi connectivity index (χ0) is 5.82. The minimum absolute atomic E-state index is 0.838. The highest BCUT2D eigenvalue weighted by atomic mass is 16.5. The van der Waals surface area contributed by atoms with E-state index in [1.807, 2.05) is 18.2 Å². The summed E-state index contributed by atoms with van der Waals surface area (Å²) >= 11 is 0. The van der Waals surface area contributed by atoms with Gasteiger partial charge in [-0.15, -0.1) is 0 Å². The Balaban J connectivity index is 2.42. The largest absolute Gasteiger partial charge is 0.412 e. The fourth-order valence-electron chi connectivity index (χ4n) is 0.579. The van der Waals surface area contributed by atoms with Gasteiger partial charge in [0.05, 0.1) is 0 Å². The predicted octanol–water partition coefficient (Wildman–Crippen LogP) is 1.44. The van der Waals surface area contributed by atoms with E-state index in [0.29, 0.717) is 0 Å². The van der Waals surface area contributed by atoms with Crippen LogP contribution in [0, 0.1) is 12.5 Å². The number of allylic oxidation sites excluding steroid dienone is 3. The average Bonchev–Trinajstić information content (AvgIpc) is 2.19. The normalized spacial score (nSPS) is 15.1. The lowest BCUT2D eigenvalue weighted by molar-refractivity contribution is 0.379. The Bertz CT molecular complexity index is 169. The number of rotatable bonds is 1. The van der Waals surface area contributed by atoms with Crippen LogP contribution in [0.2, 0.25) is 0 Å². The molecule has 0 amide bonds. The highest BCUT2D eigenvalue weighted by Crippen LogP contribution is 2.09. The van der Waals surface area contributed by atoms with Gasteiger partial charge in [0.25, 0.3) is 0 Å². The number of terminal acetylenes is 1. The highest BCUT2D eigenvalue weighted by molar-refractivity contribution is 5.19. The third-order valence-corrected chi connectivity index (χ3v) is 0.927. The Labute approximate surface area is 48.7 Å². The second-order valence-corrected chi connectivity index (χ2v) is 1.49.